The number of amides is 1. The van der Waals surface area contributed by atoms with E-state index in [0.717, 1.165) is 16.9 Å². The third kappa shape index (κ3) is 4.73. The Balaban J connectivity index is 1.42. The molecule has 0 fully saturated rings. The van der Waals surface area contributed by atoms with Crippen LogP contribution in [0.5, 0.6) is 0 Å². The van der Waals surface area contributed by atoms with Crippen LogP contribution in [-0.2, 0) is 13.2 Å². The number of nitrogens with zero attached hydrogens (tertiary/aromatic N) is 8. The van der Waals surface area contributed by atoms with Crippen molar-refractivity contribution in [1.82, 2.24) is 39.8 Å². The molecule has 0 radical (unpaired) electrons. The smallest absolute Gasteiger partial charge is 0.322 e. The topological polar surface area (TPSA) is 116 Å². The van der Waals surface area contributed by atoms with E-state index in [1.54, 1.807) is 29.0 Å². The van der Waals surface area contributed by atoms with Crippen molar-refractivity contribution in [2.45, 2.75) is 6.18 Å². The average Bonchev–Trinajstić information content (AvgIpc) is 3.48. The Morgan fingerprint density at radius 1 is 1.08 bits per heavy atom. The van der Waals surface area contributed by atoms with Gasteiger partial charge < -0.3 is 5.32 Å². The van der Waals surface area contributed by atoms with Crippen molar-refractivity contribution in [2.75, 3.05) is 5.32 Å². The first-order chi connectivity index (χ1) is 17.3. The van der Waals surface area contributed by atoms with E-state index < -0.39 is 17.6 Å². The highest BCUT2D eigenvalue weighted by atomic mass is 19.4. The predicted octanol–water partition coefficient (Wildman–Crippen LogP) is 2.99. The predicted molar refractivity (Wildman–Crippen MR) is 120 cm³/mol. The van der Waals surface area contributed by atoms with E-state index in [-0.39, 0.29) is 22.6 Å². The number of hydrogen-bond donors (Lipinski definition) is 1. The van der Waals surface area contributed by atoms with Crippen LogP contribution in [-0.4, -0.2) is 45.7 Å². The number of alkyl halides is 3. The lowest BCUT2D eigenvalue weighted by Crippen LogP contribution is -2.14. The number of benzene rings is 1. The molecule has 5 aromatic rings. The van der Waals surface area contributed by atoms with Gasteiger partial charge in [0.25, 0.3) is 5.91 Å². The van der Waals surface area contributed by atoms with Crippen LogP contribution in [0.15, 0.2) is 61.2 Å². The molecular formula is C23H14F3N9O. The van der Waals surface area contributed by atoms with E-state index in [0.29, 0.717) is 16.9 Å². The number of pyridine rings is 1. The van der Waals surface area contributed by atoms with Crippen LogP contribution in [0.3, 0.4) is 0 Å². The molecule has 178 valence electrons. The molecule has 0 spiro atoms. The van der Waals surface area contributed by atoms with Crippen LogP contribution in [0.25, 0.3) is 17.0 Å². The lowest BCUT2D eigenvalue weighted by atomic mass is 10.1. The third-order valence-corrected chi connectivity index (χ3v) is 4.90. The maximum Gasteiger partial charge on any atom is 0.416 e. The molecule has 0 saturated heterocycles. The summed E-state index contributed by atoms with van der Waals surface area (Å²) in [5.74, 6) is 5.13. The Labute approximate surface area is 200 Å². The summed E-state index contributed by atoms with van der Waals surface area (Å²) in [6.45, 7) is 0. The Morgan fingerprint density at radius 2 is 1.94 bits per heavy atom. The molecule has 36 heavy (non-hydrogen) atoms. The molecule has 1 N–H and O–H groups in total. The van der Waals surface area contributed by atoms with Gasteiger partial charge >= 0.3 is 6.18 Å². The Bertz CT molecular complexity index is 1660. The quantitative estimate of drug-likeness (QED) is 0.388. The van der Waals surface area contributed by atoms with Crippen LogP contribution in [0.2, 0.25) is 0 Å². The standard InChI is InChI=1S/C23H14F3N9O/c1-34-32-21(31-33-34)15-8-17(23(24,25)26)10-18(9-15)30-22(36)16-7-14(11-27-12-16)4-5-19-13-28-20-3-2-6-29-35(19)20/h2-3,6-13H,1H3,(H,30,36). The number of aromatic nitrogens is 8. The Kier molecular flexibility index (Phi) is 5.61. The molecule has 5 rings (SSSR count). The molecule has 0 bridgehead atoms. The zero-order valence-corrected chi connectivity index (χ0v) is 18.4. The summed E-state index contributed by atoms with van der Waals surface area (Å²) in [6.07, 6.45) is 1.27. The van der Waals surface area contributed by atoms with Gasteiger partial charge in [-0.05, 0) is 47.5 Å². The van der Waals surface area contributed by atoms with Gasteiger partial charge in [-0.2, -0.15) is 23.1 Å². The Hall–Kier alpha value is -5.12. The second-order valence-electron chi connectivity index (χ2n) is 7.50. The minimum Gasteiger partial charge on any atom is -0.322 e. The van der Waals surface area contributed by atoms with Crippen molar-refractivity contribution >= 4 is 17.2 Å². The van der Waals surface area contributed by atoms with Crippen LogP contribution >= 0.6 is 0 Å². The fraction of sp³-hybridized carbons (Fsp3) is 0.0870. The lowest BCUT2D eigenvalue weighted by Gasteiger charge is -2.12. The molecule has 13 heteroatoms. The molecule has 1 aromatic carbocycles. The first-order valence-corrected chi connectivity index (χ1v) is 10.3. The normalized spacial score (nSPS) is 11.2. The molecule has 1 amide bonds. The van der Waals surface area contributed by atoms with Gasteiger partial charge in [-0.15, -0.1) is 10.2 Å². The molecular weight excluding hydrogens is 475 g/mol. The molecule has 10 nitrogen and oxygen atoms in total. The van der Waals surface area contributed by atoms with Gasteiger partial charge in [-0.3, -0.25) is 9.78 Å². The second kappa shape index (κ2) is 8.91. The number of imidazole rings is 1. The van der Waals surface area contributed by atoms with Crippen LogP contribution in [0.1, 0.15) is 27.2 Å². The molecule has 0 aliphatic carbocycles. The summed E-state index contributed by atoms with van der Waals surface area (Å²) in [5, 5.41) is 18.0. The van der Waals surface area contributed by atoms with Crippen LogP contribution in [0.4, 0.5) is 18.9 Å². The summed E-state index contributed by atoms with van der Waals surface area (Å²) in [6, 6.07) is 8.06. The Morgan fingerprint density at radius 3 is 2.72 bits per heavy atom. The molecule has 0 atom stereocenters. The largest absolute Gasteiger partial charge is 0.416 e. The monoisotopic (exact) mass is 489 g/mol. The zero-order valence-electron chi connectivity index (χ0n) is 18.4. The maximum atomic E-state index is 13.5. The van der Waals surface area contributed by atoms with E-state index in [1.165, 1.54) is 31.6 Å². The number of rotatable bonds is 3. The number of nitrogens with one attached hydrogen (secondary N) is 1. The van der Waals surface area contributed by atoms with Gasteiger partial charge in [-0.25, -0.2) is 9.50 Å². The fourth-order valence-corrected chi connectivity index (χ4v) is 3.28. The molecule has 0 aliphatic heterocycles. The number of carbonyl (C=O) groups is 1. The number of tetrazole rings is 1. The number of halogens is 3. The zero-order chi connectivity index (χ0) is 25.3. The number of hydrogen-bond acceptors (Lipinski definition) is 7. The summed E-state index contributed by atoms with van der Waals surface area (Å²) >= 11 is 0. The number of fused-ring (bicyclic) bond motifs is 1. The molecule has 0 unspecified atom stereocenters. The lowest BCUT2D eigenvalue weighted by molar-refractivity contribution is -0.137. The van der Waals surface area contributed by atoms with E-state index in [4.69, 9.17) is 0 Å². The molecule has 0 aliphatic rings. The van der Waals surface area contributed by atoms with Crippen LogP contribution < -0.4 is 5.32 Å². The number of carbonyl (C=O) groups excluding carboxylic acids is 1. The van der Waals surface area contributed by atoms with Crippen molar-refractivity contribution in [2.24, 2.45) is 7.05 Å². The van der Waals surface area contributed by atoms with E-state index in [1.807, 2.05) is 0 Å². The fourth-order valence-electron chi connectivity index (χ4n) is 3.28. The van der Waals surface area contributed by atoms with Crippen molar-refractivity contribution in [1.29, 1.82) is 0 Å². The molecule has 4 aromatic heterocycles. The summed E-state index contributed by atoms with van der Waals surface area (Å²) in [4.78, 5) is 22.2. The summed E-state index contributed by atoms with van der Waals surface area (Å²) < 4.78 is 42.0. The van der Waals surface area contributed by atoms with Crippen molar-refractivity contribution in [3.63, 3.8) is 0 Å². The highest BCUT2D eigenvalue weighted by Crippen LogP contribution is 2.34. The first kappa shape index (κ1) is 22.7. The van der Waals surface area contributed by atoms with Crippen molar-refractivity contribution in [3.05, 3.63) is 83.6 Å². The van der Waals surface area contributed by atoms with Crippen LogP contribution in [0, 0.1) is 11.8 Å². The van der Waals surface area contributed by atoms with Gasteiger partial charge in [-0.1, -0.05) is 5.92 Å². The highest BCUT2D eigenvalue weighted by molar-refractivity contribution is 6.04. The summed E-state index contributed by atoms with van der Waals surface area (Å²) in [5.41, 5.74) is 0.678. The number of aryl methyl sites for hydroxylation is 1. The second-order valence-corrected chi connectivity index (χ2v) is 7.50. The molecule has 4 heterocycles. The van der Waals surface area contributed by atoms with Gasteiger partial charge in [0.1, 0.15) is 5.69 Å². The first-order valence-electron chi connectivity index (χ1n) is 10.3. The third-order valence-electron chi connectivity index (χ3n) is 4.90. The highest BCUT2D eigenvalue weighted by Gasteiger charge is 2.32. The average molecular weight is 489 g/mol. The SMILES string of the molecule is Cn1nnc(-c2cc(NC(=O)c3cncc(C#Cc4cnc5cccnn45)c3)cc(C(F)(F)F)c2)n1. The van der Waals surface area contributed by atoms with Crippen molar-refractivity contribution in [3.8, 4) is 23.2 Å². The number of anilines is 1. The van der Waals surface area contributed by atoms with Gasteiger partial charge in [0.15, 0.2) is 5.65 Å². The van der Waals surface area contributed by atoms with Gasteiger partial charge in [0.05, 0.1) is 24.4 Å². The minimum atomic E-state index is -4.65. The summed E-state index contributed by atoms with van der Waals surface area (Å²) in [7, 11) is 1.49. The van der Waals surface area contributed by atoms with Gasteiger partial charge in [0, 0.05) is 35.4 Å². The van der Waals surface area contributed by atoms with E-state index >= 15 is 0 Å². The molecule has 0 saturated carbocycles. The maximum absolute atomic E-state index is 13.5. The van der Waals surface area contributed by atoms with E-state index in [2.05, 4.69) is 47.6 Å². The minimum absolute atomic E-state index is 0.0140. The van der Waals surface area contributed by atoms with E-state index in [9.17, 15) is 18.0 Å². The van der Waals surface area contributed by atoms with Gasteiger partial charge in [0.2, 0.25) is 5.82 Å². The van der Waals surface area contributed by atoms with Crippen molar-refractivity contribution < 1.29 is 18.0 Å².